The second-order valence-corrected chi connectivity index (χ2v) is 5.34. The molecule has 0 spiro atoms. The van der Waals surface area contributed by atoms with E-state index in [0.717, 1.165) is 30.3 Å². The number of aryl methyl sites for hydroxylation is 1. The molecule has 0 fully saturated rings. The van der Waals surface area contributed by atoms with Gasteiger partial charge >= 0.3 is 5.97 Å². The van der Waals surface area contributed by atoms with E-state index in [-0.39, 0.29) is 12.3 Å². The van der Waals surface area contributed by atoms with Crippen LogP contribution in [0.4, 0.5) is 5.95 Å². The molecule has 1 aromatic carbocycles. The van der Waals surface area contributed by atoms with E-state index in [9.17, 15) is 9.59 Å². The Balaban J connectivity index is 1.76. The van der Waals surface area contributed by atoms with Gasteiger partial charge in [0.1, 0.15) is 0 Å². The van der Waals surface area contributed by atoms with Gasteiger partial charge in [-0.25, -0.2) is 4.98 Å². The predicted octanol–water partition coefficient (Wildman–Crippen LogP) is 2.94. The van der Waals surface area contributed by atoms with Gasteiger partial charge in [-0.3, -0.25) is 14.9 Å². The lowest BCUT2D eigenvalue weighted by molar-refractivity contribution is -0.137. The van der Waals surface area contributed by atoms with Crippen molar-refractivity contribution >= 4 is 28.9 Å². The minimum absolute atomic E-state index is 0.0587. The first kappa shape index (κ1) is 16.0. The Hall–Kier alpha value is -2.37. The van der Waals surface area contributed by atoms with Gasteiger partial charge in [-0.1, -0.05) is 25.0 Å². The molecule has 1 heterocycles. The number of carboxylic acid groups (broad SMARTS) is 1. The molecule has 0 atom stereocenters. The van der Waals surface area contributed by atoms with Crippen molar-refractivity contribution in [2.24, 2.45) is 7.05 Å². The van der Waals surface area contributed by atoms with Crippen LogP contribution >= 0.6 is 0 Å². The molecule has 6 heteroatoms. The van der Waals surface area contributed by atoms with Crippen molar-refractivity contribution in [2.45, 2.75) is 38.5 Å². The number of aromatic nitrogens is 2. The monoisotopic (exact) mass is 303 g/mol. The number of para-hydroxylation sites is 2. The zero-order valence-corrected chi connectivity index (χ0v) is 12.7. The highest BCUT2D eigenvalue weighted by molar-refractivity contribution is 5.91. The third kappa shape index (κ3) is 4.31. The van der Waals surface area contributed by atoms with E-state index in [4.69, 9.17) is 5.11 Å². The molecule has 2 aromatic rings. The van der Waals surface area contributed by atoms with Crippen molar-refractivity contribution in [3.05, 3.63) is 24.3 Å². The van der Waals surface area contributed by atoms with Gasteiger partial charge in [0.15, 0.2) is 0 Å². The van der Waals surface area contributed by atoms with Crippen LogP contribution in [0.1, 0.15) is 38.5 Å². The number of unbranched alkanes of at least 4 members (excludes halogenated alkanes) is 3. The number of nitrogens with zero attached hydrogens (tertiary/aromatic N) is 2. The van der Waals surface area contributed by atoms with Crippen molar-refractivity contribution in [3.8, 4) is 0 Å². The highest BCUT2D eigenvalue weighted by Gasteiger charge is 2.10. The van der Waals surface area contributed by atoms with Crippen LogP contribution in [0, 0.1) is 0 Å². The molecule has 0 saturated heterocycles. The van der Waals surface area contributed by atoms with Crippen molar-refractivity contribution in [2.75, 3.05) is 5.32 Å². The third-order valence-corrected chi connectivity index (χ3v) is 3.58. The molecule has 0 unspecified atom stereocenters. The molecule has 0 aliphatic heterocycles. The Labute approximate surface area is 129 Å². The molecule has 6 nitrogen and oxygen atoms in total. The van der Waals surface area contributed by atoms with E-state index in [2.05, 4.69) is 10.3 Å². The molecule has 0 aliphatic carbocycles. The summed E-state index contributed by atoms with van der Waals surface area (Å²) in [4.78, 5) is 26.7. The lowest BCUT2D eigenvalue weighted by Gasteiger charge is -2.05. The normalized spacial score (nSPS) is 10.8. The summed E-state index contributed by atoms with van der Waals surface area (Å²) in [7, 11) is 1.87. The van der Waals surface area contributed by atoms with E-state index in [0.29, 0.717) is 18.8 Å². The van der Waals surface area contributed by atoms with Crippen LogP contribution in [0.25, 0.3) is 11.0 Å². The van der Waals surface area contributed by atoms with Crippen LogP contribution in [-0.2, 0) is 16.6 Å². The molecule has 118 valence electrons. The average Bonchev–Trinajstić information content (AvgIpc) is 2.79. The molecule has 1 amide bonds. The minimum atomic E-state index is -0.764. The molecule has 1 aromatic heterocycles. The summed E-state index contributed by atoms with van der Waals surface area (Å²) in [5, 5.41) is 11.4. The number of fused-ring (bicyclic) bond motifs is 1. The van der Waals surface area contributed by atoms with E-state index >= 15 is 0 Å². The summed E-state index contributed by atoms with van der Waals surface area (Å²) < 4.78 is 1.86. The fourth-order valence-corrected chi connectivity index (χ4v) is 2.36. The quantitative estimate of drug-likeness (QED) is 0.734. The lowest BCUT2D eigenvalue weighted by Crippen LogP contribution is -2.14. The van der Waals surface area contributed by atoms with E-state index in [1.165, 1.54) is 0 Å². The number of anilines is 1. The first-order valence-corrected chi connectivity index (χ1v) is 7.51. The Bertz CT molecular complexity index is 664. The largest absolute Gasteiger partial charge is 0.481 e. The minimum Gasteiger partial charge on any atom is -0.481 e. The highest BCUT2D eigenvalue weighted by Crippen LogP contribution is 2.17. The van der Waals surface area contributed by atoms with E-state index in [1.807, 2.05) is 35.9 Å². The van der Waals surface area contributed by atoms with Gasteiger partial charge in [0, 0.05) is 19.9 Å². The zero-order valence-electron chi connectivity index (χ0n) is 12.7. The van der Waals surface area contributed by atoms with Gasteiger partial charge < -0.3 is 9.67 Å². The Morgan fingerprint density at radius 3 is 2.50 bits per heavy atom. The maximum atomic E-state index is 11.9. The number of carboxylic acids is 1. The molecule has 2 N–H and O–H groups in total. The Kier molecular flexibility index (Phi) is 5.52. The van der Waals surface area contributed by atoms with E-state index in [1.54, 1.807) is 0 Å². The fourth-order valence-electron chi connectivity index (χ4n) is 2.36. The van der Waals surface area contributed by atoms with Crippen LogP contribution in [0.2, 0.25) is 0 Å². The fraction of sp³-hybridized carbons (Fsp3) is 0.438. The number of carbonyl (C=O) groups is 2. The second-order valence-electron chi connectivity index (χ2n) is 5.34. The third-order valence-electron chi connectivity index (χ3n) is 3.58. The predicted molar refractivity (Wildman–Crippen MR) is 84.7 cm³/mol. The number of rotatable bonds is 8. The molecule has 2 rings (SSSR count). The molecule has 0 saturated carbocycles. The van der Waals surface area contributed by atoms with Crippen molar-refractivity contribution in [1.29, 1.82) is 0 Å². The summed E-state index contributed by atoms with van der Waals surface area (Å²) in [6, 6.07) is 7.72. The number of hydrogen-bond donors (Lipinski definition) is 2. The molecular weight excluding hydrogens is 282 g/mol. The van der Waals surface area contributed by atoms with Crippen LogP contribution < -0.4 is 5.32 Å². The van der Waals surface area contributed by atoms with Crippen LogP contribution in [0.15, 0.2) is 24.3 Å². The summed E-state index contributed by atoms with van der Waals surface area (Å²) in [5.41, 5.74) is 1.83. The SMILES string of the molecule is Cn1c(NC(=O)CCCCCCC(=O)O)nc2ccccc21. The second kappa shape index (κ2) is 7.59. The highest BCUT2D eigenvalue weighted by atomic mass is 16.4. The molecule has 0 aliphatic rings. The molecule has 22 heavy (non-hydrogen) atoms. The van der Waals surface area contributed by atoms with Gasteiger partial charge in [0.25, 0.3) is 0 Å². The topological polar surface area (TPSA) is 84.2 Å². The first-order chi connectivity index (χ1) is 10.6. The van der Waals surface area contributed by atoms with Gasteiger partial charge in [-0.05, 0) is 25.0 Å². The smallest absolute Gasteiger partial charge is 0.303 e. The zero-order chi connectivity index (χ0) is 15.9. The molecule has 0 radical (unpaired) electrons. The maximum Gasteiger partial charge on any atom is 0.303 e. The van der Waals surface area contributed by atoms with Gasteiger partial charge in [-0.2, -0.15) is 0 Å². The standard InChI is InChI=1S/C16H21N3O3/c1-19-13-9-7-6-8-12(13)17-16(19)18-14(20)10-4-2-3-5-11-15(21)22/h6-9H,2-5,10-11H2,1H3,(H,21,22)(H,17,18,20). The summed E-state index contributed by atoms with van der Waals surface area (Å²) >= 11 is 0. The van der Waals surface area contributed by atoms with Crippen molar-refractivity contribution in [3.63, 3.8) is 0 Å². The van der Waals surface area contributed by atoms with Crippen LogP contribution in [0.3, 0.4) is 0 Å². The van der Waals surface area contributed by atoms with Gasteiger partial charge in [0.2, 0.25) is 11.9 Å². The van der Waals surface area contributed by atoms with Crippen molar-refractivity contribution < 1.29 is 14.7 Å². The number of aliphatic carboxylic acids is 1. The van der Waals surface area contributed by atoms with Crippen LogP contribution in [0.5, 0.6) is 0 Å². The van der Waals surface area contributed by atoms with Gasteiger partial charge in [-0.15, -0.1) is 0 Å². The number of nitrogens with one attached hydrogen (secondary N) is 1. The Morgan fingerprint density at radius 1 is 1.14 bits per heavy atom. The summed E-state index contributed by atoms with van der Waals surface area (Å²) in [5.74, 6) is -0.270. The number of imidazole rings is 1. The number of benzene rings is 1. The van der Waals surface area contributed by atoms with Crippen molar-refractivity contribution in [1.82, 2.24) is 9.55 Å². The Morgan fingerprint density at radius 2 is 1.82 bits per heavy atom. The van der Waals surface area contributed by atoms with E-state index < -0.39 is 5.97 Å². The summed E-state index contributed by atoms with van der Waals surface area (Å²) in [6.45, 7) is 0. The molecule has 0 bridgehead atoms. The number of amides is 1. The first-order valence-electron chi connectivity index (χ1n) is 7.51. The maximum absolute atomic E-state index is 11.9. The lowest BCUT2D eigenvalue weighted by atomic mass is 10.1. The molecular formula is C16H21N3O3. The average molecular weight is 303 g/mol. The number of carbonyl (C=O) groups excluding carboxylic acids is 1. The van der Waals surface area contributed by atoms with Crippen LogP contribution in [-0.4, -0.2) is 26.5 Å². The number of hydrogen-bond acceptors (Lipinski definition) is 3. The summed E-state index contributed by atoms with van der Waals surface area (Å²) in [6.07, 6.45) is 3.76. The van der Waals surface area contributed by atoms with Gasteiger partial charge in [0.05, 0.1) is 11.0 Å².